The van der Waals surface area contributed by atoms with E-state index in [2.05, 4.69) is 20.3 Å². The molecule has 2 heterocycles. The zero-order valence-electron chi connectivity index (χ0n) is 12.0. The predicted molar refractivity (Wildman–Crippen MR) is 94.5 cm³/mol. The first-order valence-electron chi connectivity index (χ1n) is 6.59. The van der Waals surface area contributed by atoms with Crippen LogP contribution in [0.1, 0.15) is 5.56 Å². The summed E-state index contributed by atoms with van der Waals surface area (Å²) in [6, 6.07) is 11.4. The Balaban J connectivity index is 0.00000176. The van der Waals surface area contributed by atoms with Crippen LogP contribution in [0.25, 0.3) is 11.3 Å². The summed E-state index contributed by atoms with van der Waals surface area (Å²) < 4.78 is 0. The summed E-state index contributed by atoms with van der Waals surface area (Å²) in [7, 11) is 0. The quantitative estimate of drug-likeness (QED) is 0.698. The van der Waals surface area contributed by atoms with E-state index in [1.807, 2.05) is 43.3 Å². The van der Waals surface area contributed by atoms with E-state index >= 15 is 0 Å². The van der Waals surface area contributed by atoms with Crippen molar-refractivity contribution in [2.45, 2.75) is 6.92 Å². The number of hydrogen-bond donors (Lipinski definition) is 2. The molecule has 6 heteroatoms. The Hall–Kier alpha value is -2.47. The fourth-order valence-corrected chi connectivity index (χ4v) is 1.99. The molecule has 0 bridgehead atoms. The van der Waals surface area contributed by atoms with Gasteiger partial charge >= 0.3 is 0 Å². The van der Waals surface area contributed by atoms with Crippen molar-refractivity contribution in [3.05, 3.63) is 60.6 Å². The first kappa shape index (κ1) is 15.9. The number of anilines is 3. The molecule has 0 aliphatic carbocycles. The molecular formula is C16H16BrN5. The molecular weight excluding hydrogens is 342 g/mol. The fraction of sp³-hybridized carbons (Fsp3) is 0.0625. The fourth-order valence-electron chi connectivity index (χ4n) is 1.99. The van der Waals surface area contributed by atoms with Crippen LogP contribution in [0, 0.1) is 6.92 Å². The second-order valence-electron chi connectivity index (χ2n) is 4.71. The molecule has 0 aliphatic rings. The number of nitrogens with zero attached hydrogens (tertiary/aromatic N) is 3. The molecule has 0 atom stereocenters. The highest BCUT2D eigenvalue weighted by Crippen LogP contribution is 2.22. The Bertz CT molecular complexity index is 761. The maximum absolute atomic E-state index is 5.81. The molecule has 0 amide bonds. The first-order chi connectivity index (χ1) is 10.2. The highest BCUT2D eigenvalue weighted by atomic mass is 79.9. The minimum absolute atomic E-state index is 0. The molecule has 5 nitrogen and oxygen atoms in total. The summed E-state index contributed by atoms with van der Waals surface area (Å²) in [5, 5.41) is 3.20. The lowest BCUT2D eigenvalue weighted by Gasteiger charge is -2.09. The standard InChI is InChI=1S/C16H15N5.BrH/c1-11-4-5-13(17)9-15(11)21-16-19-8-6-14(20-16)12-3-2-7-18-10-12;/h2-10H,17H2,1H3,(H,19,20,21);1H. The van der Waals surface area contributed by atoms with Crippen LogP contribution in [0.2, 0.25) is 0 Å². The van der Waals surface area contributed by atoms with E-state index in [1.54, 1.807) is 18.6 Å². The van der Waals surface area contributed by atoms with Crippen LogP contribution in [0.5, 0.6) is 0 Å². The van der Waals surface area contributed by atoms with Crippen molar-refractivity contribution in [2.24, 2.45) is 0 Å². The minimum atomic E-state index is 0. The molecule has 0 radical (unpaired) electrons. The SMILES string of the molecule is Br.Cc1ccc(N)cc1Nc1nccc(-c2cccnc2)n1. The highest BCUT2D eigenvalue weighted by molar-refractivity contribution is 8.93. The van der Waals surface area contributed by atoms with E-state index < -0.39 is 0 Å². The van der Waals surface area contributed by atoms with Crippen LogP contribution in [0.3, 0.4) is 0 Å². The molecule has 0 saturated carbocycles. The van der Waals surface area contributed by atoms with Crippen molar-refractivity contribution >= 4 is 34.3 Å². The number of halogens is 1. The predicted octanol–water partition coefficient (Wildman–Crippen LogP) is 3.75. The van der Waals surface area contributed by atoms with E-state index in [0.717, 1.165) is 22.5 Å². The Kier molecular flexibility index (Phi) is 5.06. The molecule has 2 aromatic heterocycles. The van der Waals surface area contributed by atoms with Gasteiger partial charge in [-0.2, -0.15) is 0 Å². The number of hydrogen-bond acceptors (Lipinski definition) is 5. The maximum atomic E-state index is 5.81. The number of aryl methyl sites for hydroxylation is 1. The third-order valence-corrected chi connectivity index (χ3v) is 3.12. The zero-order chi connectivity index (χ0) is 14.7. The molecule has 1 aromatic carbocycles. The van der Waals surface area contributed by atoms with Crippen LogP contribution in [-0.4, -0.2) is 15.0 Å². The zero-order valence-corrected chi connectivity index (χ0v) is 13.7. The van der Waals surface area contributed by atoms with Gasteiger partial charge in [0.05, 0.1) is 5.69 Å². The number of benzene rings is 1. The largest absolute Gasteiger partial charge is 0.399 e. The van der Waals surface area contributed by atoms with Gasteiger partial charge < -0.3 is 11.1 Å². The van der Waals surface area contributed by atoms with E-state index in [9.17, 15) is 0 Å². The Morgan fingerprint density at radius 3 is 2.73 bits per heavy atom. The van der Waals surface area contributed by atoms with Gasteiger partial charge in [0.1, 0.15) is 0 Å². The number of rotatable bonds is 3. The lowest BCUT2D eigenvalue weighted by Crippen LogP contribution is -2.00. The molecule has 0 aliphatic heterocycles. The number of nitrogen functional groups attached to an aromatic ring is 1. The van der Waals surface area contributed by atoms with Crippen molar-refractivity contribution in [1.82, 2.24) is 15.0 Å². The van der Waals surface area contributed by atoms with Gasteiger partial charge in [-0.05, 0) is 42.8 Å². The number of nitrogens with one attached hydrogen (secondary N) is 1. The van der Waals surface area contributed by atoms with Crippen LogP contribution < -0.4 is 11.1 Å². The Labute approximate surface area is 139 Å². The monoisotopic (exact) mass is 357 g/mol. The average molecular weight is 358 g/mol. The van der Waals surface area contributed by atoms with Gasteiger partial charge in [0.15, 0.2) is 0 Å². The summed E-state index contributed by atoms with van der Waals surface area (Å²) >= 11 is 0. The summed E-state index contributed by atoms with van der Waals surface area (Å²) in [6.07, 6.45) is 5.23. The number of aromatic nitrogens is 3. The smallest absolute Gasteiger partial charge is 0.227 e. The molecule has 3 N–H and O–H groups in total. The van der Waals surface area contributed by atoms with Gasteiger partial charge in [0, 0.05) is 35.5 Å². The van der Waals surface area contributed by atoms with Crippen LogP contribution in [0.15, 0.2) is 55.0 Å². The second kappa shape index (κ2) is 7.00. The van der Waals surface area contributed by atoms with Crippen molar-refractivity contribution in [3.8, 4) is 11.3 Å². The lowest BCUT2D eigenvalue weighted by molar-refractivity contribution is 1.16. The third kappa shape index (κ3) is 3.59. The van der Waals surface area contributed by atoms with Crippen molar-refractivity contribution in [1.29, 1.82) is 0 Å². The van der Waals surface area contributed by atoms with Gasteiger partial charge in [0.2, 0.25) is 5.95 Å². The maximum Gasteiger partial charge on any atom is 0.227 e. The van der Waals surface area contributed by atoms with E-state index in [1.165, 1.54) is 0 Å². The third-order valence-electron chi connectivity index (χ3n) is 3.12. The molecule has 0 spiro atoms. The van der Waals surface area contributed by atoms with Gasteiger partial charge in [-0.15, -0.1) is 17.0 Å². The molecule has 0 unspecified atom stereocenters. The van der Waals surface area contributed by atoms with Gasteiger partial charge in [-0.1, -0.05) is 6.07 Å². The average Bonchev–Trinajstić information content (AvgIpc) is 2.52. The topological polar surface area (TPSA) is 76.7 Å². The molecule has 3 aromatic rings. The Morgan fingerprint density at radius 2 is 1.95 bits per heavy atom. The Morgan fingerprint density at radius 1 is 1.09 bits per heavy atom. The number of pyridine rings is 1. The minimum Gasteiger partial charge on any atom is -0.399 e. The molecule has 0 saturated heterocycles. The number of nitrogens with two attached hydrogens (primary N) is 1. The molecule has 22 heavy (non-hydrogen) atoms. The lowest BCUT2D eigenvalue weighted by atomic mass is 10.2. The van der Waals surface area contributed by atoms with Crippen molar-refractivity contribution in [2.75, 3.05) is 11.1 Å². The van der Waals surface area contributed by atoms with Gasteiger partial charge in [-0.25, -0.2) is 9.97 Å². The van der Waals surface area contributed by atoms with E-state index in [4.69, 9.17) is 5.73 Å². The van der Waals surface area contributed by atoms with Crippen molar-refractivity contribution < 1.29 is 0 Å². The van der Waals surface area contributed by atoms with Crippen LogP contribution >= 0.6 is 17.0 Å². The van der Waals surface area contributed by atoms with Crippen molar-refractivity contribution in [3.63, 3.8) is 0 Å². The summed E-state index contributed by atoms with van der Waals surface area (Å²) in [5.74, 6) is 0.532. The van der Waals surface area contributed by atoms with E-state index in [-0.39, 0.29) is 17.0 Å². The molecule has 112 valence electrons. The first-order valence-corrected chi connectivity index (χ1v) is 6.59. The molecule has 3 rings (SSSR count). The van der Waals surface area contributed by atoms with Crippen LogP contribution in [0.4, 0.5) is 17.3 Å². The summed E-state index contributed by atoms with van der Waals surface area (Å²) in [4.78, 5) is 12.9. The normalized spacial score (nSPS) is 9.86. The van der Waals surface area contributed by atoms with Gasteiger partial charge in [0.25, 0.3) is 0 Å². The summed E-state index contributed by atoms with van der Waals surface area (Å²) in [5.41, 5.74) is 10.3. The van der Waals surface area contributed by atoms with Gasteiger partial charge in [-0.3, -0.25) is 4.98 Å². The second-order valence-corrected chi connectivity index (χ2v) is 4.71. The summed E-state index contributed by atoms with van der Waals surface area (Å²) in [6.45, 7) is 2.01. The highest BCUT2D eigenvalue weighted by Gasteiger charge is 2.04. The van der Waals surface area contributed by atoms with Crippen LogP contribution in [-0.2, 0) is 0 Å². The molecule has 0 fully saturated rings. The van der Waals surface area contributed by atoms with E-state index in [0.29, 0.717) is 11.6 Å².